The van der Waals surface area contributed by atoms with Crippen LogP contribution in [0.5, 0.6) is 11.5 Å². The number of methoxy groups -OCH3 is 2. The Bertz CT molecular complexity index is 638. The minimum atomic E-state index is -0.211. The molecule has 0 aromatic heterocycles. The van der Waals surface area contributed by atoms with E-state index in [9.17, 15) is 10.1 Å². The van der Waals surface area contributed by atoms with Gasteiger partial charge in [-0.2, -0.15) is 5.26 Å². The molecule has 2 rings (SSSR count). The van der Waals surface area contributed by atoms with Crippen molar-refractivity contribution in [1.29, 1.82) is 5.26 Å². The molecule has 5 heteroatoms. The Hall–Kier alpha value is -2.48. The molecular weight excluding hydrogens is 292 g/mol. The summed E-state index contributed by atoms with van der Waals surface area (Å²) in [7, 11) is 3.12. The van der Waals surface area contributed by atoms with Crippen molar-refractivity contribution in [2.45, 2.75) is 19.8 Å². The van der Waals surface area contributed by atoms with Crippen LogP contribution in [0, 0.1) is 17.2 Å². The van der Waals surface area contributed by atoms with Crippen LogP contribution in [0.2, 0.25) is 0 Å². The van der Waals surface area contributed by atoms with Crippen LogP contribution < -0.4 is 9.47 Å². The van der Waals surface area contributed by atoms with Crippen LogP contribution in [-0.4, -0.2) is 38.1 Å². The highest BCUT2D eigenvalue weighted by molar-refractivity contribution is 6.02. The van der Waals surface area contributed by atoms with E-state index in [1.165, 1.54) is 0 Å². The summed E-state index contributed by atoms with van der Waals surface area (Å²) in [5, 5.41) is 9.37. The van der Waals surface area contributed by atoms with E-state index < -0.39 is 0 Å². The van der Waals surface area contributed by atoms with E-state index in [-0.39, 0.29) is 11.5 Å². The number of benzene rings is 1. The Morgan fingerprint density at radius 1 is 1.30 bits per heavy atom. The smallest absolute Gasteiger partial charge is 0.264 e. The maximum Gasteiger partial charge on any atom is 0.264 e. The minimum absolute atomic E-state index is 0.128. The first-order valence-corrected chi connectivity index (χ1v) is 7.72. The highest BCUT2D eigenvalue weighted by Crippen LogP contribution is 2.27. The van der Waals surface area contributed by atoms with Gasteiger partial charge in [-0.1, -0.05) is 6.92 Å². The molecule has 1 aliphatic heterocycles. The van der Waals surface area contributed by atoms with Crippen LogP contribution in [-0.2, 0) is 4.79 Å². The molecule has 0 unspecified atom stereocenters. The fourth-order valence-corrected chi connectivity index (χ4v) is 2.62. The van der Waals surface area contributed by atoms with Gasteiger partial charge in [0.2, 0.25) is 0 Å². The van der Waals surface area contributed by atoms with Gasteiger partial charge in [-0.25, -0.2) is 0 Å². The Balaban J connectivity index is 2.25. The number of likely N-dealkylation sites (tertiary alicyclic amines) is 1. The number of hydrogen-bond donors (Lipinski definition) is 0. The molecule has 0 spiro atoms. The summed E-state index contributed by atoms with van der Waals surface area (Å²) in [6.07, 6.45) is 3.55. The largest absolute Gasteiger partial charge is 0.497 e. The van der Waals surface area contributed by atoms with Crippen molar-refractivity contribution in [2.75, 3.05) is 27.3 Å². The molecule has 1 fully saturated rings. The van der Waals surface area contributed by atoms with Crippen LogP contribution in [0.15, 0.2) is 23.8 Å². The van der Waals surface area contributed by atoms with Crippen molar-refractivity contribution in [3.05, 3.63) is 29.3 Å². The van der Waals surface area contributed by atoms with E-state index in [1.54, 1.807) is 43.4 Å². The van der Waals surface area contributed by atoms with Gasteiger partial charge in [0.15, 0.2) is 0 Å². The Kier molecular flexibility index (Phi) is 5.64. The first-order chi connectivity index (χ1) is 11.1. The number of hydrogen-bond acceptors (Lipinski definition) is 4. The van der Waals surface area contributed by atoms with E-state index in [1.807, 2.05) is 6.07 Å². The van der Waals surface area contributed by atoms with Gasteiger partial charge in [0, 0.05) is 24.7 Å². The number of nitriles is 1. The molecule has 0 atom stereocenters. The van der Waals surface area contributed by atoms with Gasteiger partial charge < -0.3 is 14.4 Å². The lowest BCUT2D eigenvalue weighted by atomic mass is 9.98. The molecule has 1 aromatic carbocycles. The summed E-state index contributed by atoms with van der Waals surface area (Å²) in [6.45, 7) is 3.60. The molecule has 1 saturated heterocycles. The predicted molar refractivity (Wildman–Crippen MR) is 88.1 cm³/mol. The molecule has 1 heterocycles. The zero-order valence-electron chi connectivity index (χ0n) is 13.8. The quantitative estimate of drug-likeness (QED) is 0.633. The highest BCUT2D eigenvalue weighted by atomic mass is 16.5. The van der Waals surface area contributed by atoms with Crippen LogP contribution in [0.25, 0.3) is 6.08 Å². The summed E-state index contributed by atoms with van der Waals surface area (Å²) < 4.78 is 10.5. The molecule has 23 heavy (non-hydrogen) atoms. The van der Waals surface area contributed by atoms with Gasteiger partial charge in [-0.05, 0) is 37.0 Å². The lowest BCUT2D eigenvalue weighted by Gasteiger charge is -2.30. The second-order valence-electron chi connectivity index (χ2n) is 5.75. The van der Waals surface area contributed by atoms with Crippen molar-refractivity contribution in [3.8, 4) is 17.6 Å². The maximum absolute atomic E-state index is 12.5. The van der Waals surface area contributed by atoms with Crippen molar-refractivity contribution in [3.63, 3.8) is 0 Å². The van der Waals surface area contributed by atoms with Gasteiger partial charge in [-0.3, -0.25) is 4.79 Å². The normalized spacial score (nSPS) is 15.9. The van der Waals surface area contributed by atoms with E-state index in [2.05, 4.69) is 6.92 Å². The molecule has 0 aliphatic carbocycles. The van der Waals surface area contributed by atoms with Crippen molar-refractivity contribution in [2.24, 2.45) is 5.92 Å². The van der Waals surface area contributed by atoms with Gasteiger partial charge in [-0.15, -0.1) is 0 Å². The summed E-state index contributed by atoms with van der Waals surface area (Å²) >= 11 is 0. The summed E-state index contributed by atoms with van der Waals surface area (Å²) in [6, 6.07) is 7.30. The number of piperidine rings is 1. The Labute approximate surface area is 137 Å². The van der Waals surface area contributed by atoms with Gasteiger partial charge in [0.25, 0.3) is 5.91 Å². The summed E-state index contributed by atoms with van der Waals surface area (Å²) in [4.78, 5) is 14.3. The lowest BCUT2D eigenvalue weighted by Crippen LogP contribution is -2.38. The van der Waals surface area contributed by atoms with Gasteiger partial charge in [0.05, 0.1) is 14.2 Å². The number of amides is 1. The molecule has 0 N–H and O–H groups in total. The highest BCUT2D eigenvalue weighted by Gasteiger charge is 2.23. The second-order valence-corrected chi connectivity index (χ2v) is 5.75. The summed E-state index contributed by atoms with van der Waals surface area (Å²) in [5.74, 6) is 1.65. The molecule has 122 valence electrons. The zero-order valence-corrected chi connectivity index (χ0v) is 13.8. The first kappa shape index (κ1) is 16.9. The average molecular weight is 314 g/mol. The number of nitrogens with zero attached hydrogens (tertiary/aromatic N) is 2. The Morgan fingerprint density at radius 3 is 2.57 bits per heavy atom. The number of carbonyl (C=O) groups is 1. The van der Waals surface area contributed by atoms with Gasteiger partial charge >= 0.3 is 0 Å². The first-order valence-electron chi connectivity index (χ1n) is 7.72. The molecule has 1 aliphatic rings. The second kappa shape index (κ2) is 7.68. The Morgan fingerprint density at radius 2 is 2.00 bits per heavy atom. The monoisotopic (exact) mass is 314 g/mol. The SMILES string of the molecule is COc1ccc(/C=C(/C#N)C(=O)N2CCC(C)CC2)c(OC)c1. The maximum atomic E-state index is 12.5. The molecule has 1 aromatic rings. The van der Waals surface area contributed by atoms with Gasteiger partial charge in [0.1, 0.15) is 23.1 Å². The molecule has 0 radical (unpaired) electrons. The minimum Gasteiger partial charge on any atom is -0.497 e. The fraction of sp³-hybridized carbons (Fsp3) is 0.444. The molecule has 0 bridgehead atoms. The number of rotatable bonds is 4. The molecular formula is C18H22N2O3. The number of ether oxygens (including phenoxy) is 2. The topological polar surface area (TPSA) is 62.6 Å². The summed E-state index contributed by atoms with van der Waals surface area (Å²) in [5.41, 5.74) is 0.812. The van der Waals surface area contributed by atoms with Crippen LogP contribution in [0.4, 0.5) is 0 Å². The number of carbonyl (C=O) groups excluding carboxylic acids is 1. The zero-order chi connectivity index (χ0) is 16.8. The van der Waals surface area contributed by atoms with E-state index in [4.69, 9.17) is 9.47 Å². The average Bonchev–Trinajstić information content (AvgIpc) is 2.59. The molecule has 0 saturated carbocycles. The van der Waals surface area contributed by atoms with Crippen LogP contribution >= 0.6 is 0 Å². The van der Waals surface area contributed by atoms with Crippen molar-refractivity contribution in [1.82, 2.24) is 4.90 Å². The third kappa shape index (κ3) is 4.04. The van der Waals surface area contributed by atoms with E-state index in [0.29, 0.717) is 36.1 Å². The van der Waals surface area contributed by atoms with Crippen molar-refractivity contribution >= 4 is 12.0 Å². The lowest BCUT2D eigenvalue weighted by molar-refractivity contribution is -0.127. The van der Waals surface area contributed by atoms with Crippen molar-refractivity contribution < 1.29 is 14.3 Å². The third-order valence-corrected chi connectivity index (χ3v) is 4.16. The standard InChI is InChI=1S/C18H22N2O3/c1-13-6-8-20(9-7-13)18(21)15(12-19)10-14-4-5-16(22-2)11-17(14)23-3/h4-5,10-11,13H,6-9H2,1-3H3/b15-10-. The molecule has 1 amide bonds. The van der Waals surface area contributed by atoms with Crippen LogP contribution in [0.1, 0.15) is 25.3 Å². The third-order valence-electron chi connectivity index (χ3n) is 4.16. The molecule has 5 nitrogen and oxygen atoms in total. The van der Waals surface area contributed by atoms with E-state index in [0.717, 1.165) is 12.8 Å². The fourth-order valence-electron chi connectivity index (χ4n) is 2.62. The van der Waals surface area contributed by atoms with Crippen LogP contribution in [0.3, 0.4) is 0 Å². The van der Waals surface area contributed by atoms with E-state index >= 15 is 0 Å². The predicted octanol–water partition coefficient (Wildman–Crippen LogP) is 2.87.